The fourth-order valence-electron chi connectivity index (χ4n) is 1.08. The third-order valence-corrected chi connectivity index (χ3v) is 1.81. The minimum Gasteiger partial charge on any atom is -0.316 e. The van der Waals surface area contributed by atoms with Crippen LogP contribution in [0.5, 0.6) is 0 Å². The van der Waals surface area contributed by atoms with Gasteiger partial charge in [-0.2, -0.15) is 0 Å². The maximum Gasteiger partial charge on any atom is 0.270 e. The van der Waals surface area contributed by atoms with E-state index >= 15 is 0 Å². The Kier molecular flexibility index (Phi) is 3.93. The van der Waals surface area contributed by atoms with Crippen LogP contribution >= 0.6 is 0 Å². The second kappa shape index (κ2) is 5.21. The molecule has 4 nitrogen and oxygen atoms in total. The molecule has 0 spiro atoms. The molecule has 1 aromatic carbocycles. The minimum atomic E-state index is -0.547. The zero-order valence-corrected chi connectivity index (χ0v) is 8.24. The number of hydrogen-bond donors (Lipinski definition) is 1. The normalized spacial score (nSPS) is 10.8. The van der Waals surface area contributed by atoms with Crippen LogP contribution in [0.15, 0.2) is 24.3 Å². The lowest BCUT2D eigenvalue weighted by molar-refractivity contribution is -0.384. The van der Waals surface area contributed by atoms with Gasteiger partial charge in [0.05, 0.1) is 4.92 Å². The van der Waals surface area contributed by atoms with E-state index in [0.29, 0.717) is 6.54 Å². The van der Waals surface area contributed by atoms with E-state index in [0.717, 1.165) is 12.1 Å². The summed E-state index contributed by atoms with van der Waals surface area (Å²) in [4.78, 5) is 9.89. The third-order valence-electron chi connectivity index (χ3n) is 1.81. The van der Waals surface area contributed by atoms with Gasteiger partial charge in [-0.3, -0.25) is 10.1 Å². The number of nitrogens with one attached hydrogen (secondary N) is 1. The Morgan fingerprint density at radius 1 is 1.60 bits per heavy atom. The van der Waals surface area contributed by atoms with Crippen molar-refractivity contribution in [2.24, 2.45) is 0 Å². The van der Waals surface area contributed by atoms with Crippen LogP contribution in [-0.4, -0.2) is 18.5 Å². The van der Waals surface area contributed by atoms with E-state index in [2.05, 4.69) is 5.32 Å². The maximum absolute atomic E-state index is 13.2. The molecule has 0 atom stereocenters. The lowest BCUT2D eigenvalue weighted by atomic mass is 10.2. The third kappa shape index (κ3) is 3.14. The smallest absolute Gasteiger partial charge is 0.270 e. The molecule has 1 N–H and O–H groups in total. The van der Waals surface area contributed by atoms with Gasteiger partial charge in [0.25, 0.3) is 5.69 Å². The molecule has 0 unspecified atom stereocenters. The van der Waals surface area contributed by atoms with Crippen molar-refractivity contribution in [1.82, 2.24) is 5.32 Å². The van der Waals surface area contributed by atoms with Crippen LogP contribution in [-0.2, 0) is 0 Å². The average molecular weight is 210 g/mol. The van der Waals surface area contributed by atoms with Crippen molar-refractivity contribution in [2.75, 3.05) is 13.6 Å². The Morgan fingerprint density at radius 3 is 2.93 bits per heavy atom. The molecule has 0 radical (unpaired) electrons. The topological polar surface area (TPSA) is 55.2 Å². The van der Waals surface area contributed by atoms with E-state index in [9.17, 15) is 14.5 Å². The van der Waals surface area contributed by atoms with Crippen LogP contribution in [0, 0.1) is 15.9 Å². The summed E-state index contributed by atoms with van der Waals surface area (Å²) >= 11 is 0. The summed E-state index contributed by atoms with van der Waals surface area (Å²) in [6.07, 6.45) is 3.21. The molecule has 0 saturated heterocycles. The van der Waals surface area contributed by atoms with E-state index < -0.39 is 10.7 Å². The van der Waals surface area contributed by atoms with E-state index in [4.69, 9.17) is 0 Å². The Bertz CT molecular complexity index is 391. The summed E-state index contributed by atoms with van der Waals surface area (Å²) in [6.45, 7) is 0.585. The highest BCUT2D eigenvalue weighted by molar-refractivity contribution is 5.54. The first-order valence-electron chi connectivity index (χ1n) is 4.40. The van der Waals surface area contributed by atoms with Gasteiger partial charge in [0, 0.05) is 24.2 Å². The molecule has 0 aliphatic carbocycles. The quantitative estimate of drug-likeness (QED) is 0.610. The first-order chi connectivity index (χ1) is 7.15. The Morgan fingerprint density at radius 2 is 2.33 bits per heavy atom. The second-order valence-corrected chi connectivity index (χ2v) is 2.92. The average Bonchev–Trinajstić information content (AvgIpc) is 2.20. The van der Waals surface area contributed by atoms with Crippen LogP contribution in [0.25, 0.3) is 6.08 Å². The van der Waals surface area contributed by atoms with Crippen molar-refractivity contribution in [3.05, 3.63) is 45.8 Å². The molecular weight excluding hydrogens is 199 g/mol. The Hall–Kier alpha value is -1.75. The standard InChI is InChI=1S/C10H11FN2O2/c1-12-6-2-3-8-7-9(13(14)15)4-5-10(8)11/h2-5,7,12H,6H2,1H3. The van der Waals surface area contributed by atoms with Crippen LogP contribution in [0.1, 0.15) is 5.56 Å². The SMILES string of the molecule is CNCC=Cc1cc([N+](=O)[O-])ccc1F. The number of likely N-dealkylation sites (N-methyl/N-ethyl adjacent to an activating group) is 1. The lowest BCUT2D eigenvalue weighted by Crippen LogP contribution is -2.03. The van der Waals surface area contributed by atoms with Crippen molar-refractivity contribution in [3.8, 4) is 0 Å². The van der Waals surface area contributed by atoms with Crippen molar-refractivity contribution in [1.29, 1.82) is 0 Å². The van der Waals surface area contributed by atoms with Gasteiger partial charge in [-0.15, -0.1) is 0 Å². The number of nitro benzene ring substituents is 1. The van der Waals surface area contributed by atoms with Crippen LogP contribution in [0.2, 0.25) is 0 Å². The number of non-ortho nitro benzene ring substituents is 1. The van der Waals surface area contributed by atoms with Gasteiger partial charge in [0.1, 0.15) is 5.82 Å². The van der Waals surface area contributed by atoms with Crippen LogP contribution in [0.3, 0.4) is 0 Å². The molecule has 0 aliphatic rings. The van der Waals surface area contributed by atoms with Crippen LogP contribution in [0.4, 0.5) is 10.1 Å². The van der Waals surface area contributed by atoms with Gasteiger partial charge < -0.3 is 5.32 Å². The molecule has 0 bridgehead atoms. The van der Waals surface area contributed by atoms with E-state index in [1.165, 1.54) is 12.1 Å². The Balaban J connectivity index is 2.95. The number of benzene rings is 1. The van der Waals surface area contributed by atoms with Crippen molar-refractivity contribution in [2.45, 2.75) is 0 Å². The Labute approximate surface area is 86.6 Å². The largest absolute Gasteiger partial charge is 0.316 e. The van der Waals surface area contributed by atoms with Gasteiger partial charge in [-0.25, -0.2) is 4.39 Å². The maximum atomic E-state index is 13.2. The molecule has 1 rings (SSSR count). The molecule has 0 amide bonds. The molecule has 0 saturated carbocycles. The second-order valence-electron chi connectivity index (χ2n) is 2.92. The zero-order chi connectivity index (χ0) is 11.3. The van der Waals surface area contributed by atoms with E-state index in [-0.39, 0.29) is 11.3 Å². The summed E-state index contributed by atoms with van der Waals surface area (Å²) in [5.74, 6) is -0.465. The number of nitrogens with zero attached hydrogens (tertiary/aromatic N) is 1. The molecule has 0 aliphatic heterocycles. The highest BCUT2D eigenvalue weighted by Crippen LogP contribution is 2.17. The summed E-state index contributed by atoms with van der Waals surface area (Å²) in [7, 11) is 1.76. The molecule has 5 heteroatoms. The van der Waals surface area contributed by atoms with Crippen molar-refractivity contribution in [3.63, 3.8) is 0 Å². The summed E-state index contributed by atoms with van der Waals surface area (Å²) in [6, 6.07) is 3.45. The lowest BCUT2D eigenvalue weighted by Gasteiger charge is -1.97. The number of hydrogen-bond acceptors (Lipinski definition) is 3. The number of nitro groups is 1. The fourth-order valence-corrected chi connectivity index (χ4v) is 1.08. The fraction of sp³-hybridized carbons (Fsp3) is 0.200. The summed E-state index contributed by atoms with van der Waals surface area (Å²) < 4.78 is 13.2. The monoisotopic (exact) mass is 210 g/mol. The molecule has 0 fully saturated rings. The van der Waals surface area contributed by atoms with Gasteiger partial charge in [-0.1, -0.05) is 12.2 Å². The number of rotatable bonds is 4. The van der Waals surface area contributed by atoms with Gasteiger partial charge in [0.15, 0.2) is 0 Å². The predicted molar refractivity (Wildman–Crippen MR) is 56.0 cm³/mol. The molecule has 1 aromatic rings. The number of halogens is 1. The highest BCUT2D eigenvalue weighted by atomic mass is 19.1. The molecular formula is C10H11FN2O2. The van der Waals surface area contributed by atoms with Crippen molar-refractivity contribution >= 4 is 11.8 Å². The molecule has 0 heterocycles. The highest BCUT2D eigenvalue weighted by Gasteiger charge is 2.08. The zero-order valence-electron chi connectivity index (χ0n) is 8.24. The minimum absolute atomic E-state index is 0.111. The molecule has 0 aromatic heterocycles. The van der Waals surface area contributed by atoms with Gasteiger partial charge in [0.2, 0.25) is 0 Å². The predicted octanol–water partition coefficient (Wildman–Crippen LogP) is 1.97. The van der Waals surface area contributed by atoms with Gasteiger partial charge >= 0.3 is 0 Å². The molecule has 80 valence electrons. The van der Waals surface area contributed by atoms with Crippen molar-refractivity contribution < 1.29 is 9.31 Å². The van der Waals surface area contributed by atoms with Crippen LogP contribution < -0.4 is 5.32 Å². The first-order valence-corrected chi connectivity index (χ1v) is 4.40. The first kappa shape index (κ1) is 11.3. The molecule has 15 heavy (non-hydrogen) atoms. The summed E-state index contributed by atoms with van der Waals surface area (Å²) in [5.41, 5.74) is 0.111. The van der Waals surface area contributed by atoms with E-state index in [1.54, 1.807) is 13.1 Å². The summed E-state index contributed by atoms with van der Waals surface area (Å²) in [5, 5.41) is 13.3. The van der Waals surface area contributed by atoms with E-state index in [1.807, 2.05) is 0 Å². The van der Waals surface area contributed by atoms with Gasteiger partial charge in [-0.05, 0) is 13.1 Å².